The molecule has 0 radical (unpaired) electrons. The molecular formula is C19H19F3N2O2. The Morgan fingerprint density at radius 2 is 1.62 bits per heavy atom. The number of primary amides is 1. The number of hydrogen-bond acceptors (Lipinski definition) is 2. The van der Waals surface area contributed by atoms with Crippen LogP contribution in [0.1, 0.15) is 23.1 Å². The molecule has 4 nitrogen and oxygen atoms in total. The molecule has 2 amide bonds. The average Bonchev–Trinajstić information content (AvgIpc) is 2.60. The normalized spacial score (nSPS) is 12.4. The van der Waals surface area contributed by atoms with E-state index in [0.717, 1.165) is 11.6 Å². The van der Waals surface area contributed by atoms with Crippen LogP contribution in [0, 0.1) is 0 Å². The van der Waals surface area contributed by atoms with Gasteiger partial charge in [-0.2, -0.15) is 13.2 Å². The number of rotatable bonds is 7. The Kier molecular flexibility index (Phi) is 6.38. The van der Waals surface area contributed by atoms with Gasteiger partial charge in [0.2, 0.25) is 11.8 Å². The number of benzene rings is 2. The van der Waals surface area contributed by atoms with Crippen molar-refractivity contribution in [1.82, 2.24) is 5.32 Å². The SMILES string of the molecule is NC(=O)[C@@H](Cc1ccccc1C(F)(F)F)NC(=O)CCc1ccccc1. The molecule has 0 aliphatic heterocycles. The Balaban J connectivity index is 2.03. The van der Waals surface area contributed by atoms with Crippen LogP contribution in [0.2, 0.25) is 0 Å². The Bertz CT molecular complexity index is 761. The Labute approximate surface area is 149 Å². The van der Waals surface area contributed by atoms with Crippen LogP contribution in [0.15, 0.2) is 54.6 Å². The molecule has 2 aromatic carbocycles. The second-order valence-corrected chi connectivity index (χ2v) is 5.87. The number of alkyl halides is 3. The highest BCUT2D eigenvalue weighted by molar-refractivity contribution is 5.86. The zero-order chi connectivity index (χ0) is 19.2. The van der Waals surface area contributed by atoms with Crippen LogP contribution >= 0.6 is 0 Å². The molecule has 3 N–H and O–H groups in total. The fourth-order valence-electron chi connectivity index (χ4n) is 2.59. The molecule has 2 aromatic rings. The Morgan fingerprint density at radius 1 is 1.00 bits per heavy atom. The summed E-state index contributed by atoms with van der Waals surface area (Å²) in [5.41, 5.74) is 5.28. The van der Waals surface area contributed by atoms with E-state index in [1.54, 1.807) is 0 Å². The van der Waals surface area contributed by atoms with Gasteiger partial charge in [0.1, 0.15) is 6.04 Å². The van der Waals surface area contributed by atoms with Crippen LogP contribution < -0.4 is 11.1 Å². The van der Waals surface area contributed by atoms with Crippen LogP contribution in [0.25, 0.3) is 0 Å². The van der Waals surface area contributed by atoms with Crippen LogP contribution in [-0.2, 0) is 28.6 Å². The van der Waals surface area contributed by atoms with E-state index in [1.807, 2.05) is 30.3 Å². The Morgan fingerprint density at radius 3 is 2.23 bits per heavy atom. The maximum absolute atomic E-state index is 13.1. The molecule has 0 heterocycles. The van der Waals surface area contributed by atoms with Gasteiger partial charge >= 0.3 is 6.18 Å². The lowest BCUT2D eigenvalue weighted by atomic mass is 9.99. The van der Waals surface area contributed by atoms with Crippen molar-refractivity contribution in [3.05, 3.63) is 71.3 Å². The summed E-state index contributed by atoms with van der Waals surface area (Å²) in [5.74, 6) is -1.32. The minimum absolute atomic E-state index is 0.0906. The van der Waals surface area contributed by atoms with Crippen molar-refractivity contribution >= 4 is 11.8 Å². The number of halogens is 3. The van der Waals surface area contributed by atoms with Crippen molar-refractivity contribution in [3.63, 3.8) is 0 Å². The third kappa shape index (κ3) is 5.61. The number of hydrogen-bond donors (Lipinski definition) is 2. The van der Waals surface area contributed by atoms with Gasteiger partial charge < -0.3 is 11.1 Å². The molecule has 1 atom stereocenters. The Hall–Kier alpha value is -2.83. The average molecular weight is 364 g/mol. The lowest BCUT2D eigenvalue weighted by molar-refractivity contribution is -0.138. The third-order valence-electron chi connectivity index (χ3n) is 3.91. The second-order valence-electron chi connectivity index (χ2n) is 5.87. The summed E-state index contributed by atoms with van der Waals surface area (Å²) in [7, 11) is 0. The van der Waals surface area contributed by atoms with E-state index < -0.39 is 29.6 Å². The molecule has 7 heteroatoms. The number of amides is 2. The van der Waals surface area contributed by atoms with Crippen molar-refractivity contribution in [2.45, 2.75) is 31.5 Å². The molecule has 0 aromatic heterocycles. The third-order valence-corrected chi connectivity index (χ3v) is 3.91. The molecule has 0 saturated carbocycles. The lowest BCUT2D eigenvalue weighted by Crippen LogP contribution is -2.46. The first-order chi connectivity index (χ1) is 12.3. The minimum Gasteiger partial charge on any atom is -0.368 e. The highest BCUT2D eigenvalue weighted by atomic mass is 19.4. The molecule has 0 unspecified atom stereocenters. The van der Waals surface area contributed by atoms with Gasteiger partial charge in [-0.15, -0.1) is 0 Å². The van der Waals surface area contributed by atoms with Crippen molar-refractivity contribution in [2.24, 2.45) is 5.73 Å². The van der Waals surface area contributed by atoms with E-state index in [-0.39, 0.29) is 18.4 Å². The molecule has 0 aliphatic carbocycles. The first kappa shape index (κ1) is 19.5. The van der Waals surface area contributed by atoms with Gasteiger partial charge in [0.25, 0.3) is 0 Å². The quantitative estimate of drug-likeness (QED) is 0.793. The summed E-state index contributed by atoms with van der Waals surface area (Å²) in [5, 5.41) is 2.43. The number of aryl methyl sites for hydroxylation is 1. The zero-order valence-electron chi connectivity index (χ0n) is 13.9. The lowest BCUT2D eigenvalue weighted by Gasteiger charge is -2.18. The number of nitrogens with one attached hydrogen (secondary N) is 1. The highest BCUT2D eigenvalue weighted by Gasteiger charge is 2.34. The summed E-state index contributed by atoms with van der Waals surface area (Å²) < 4.78 is 39.2. The summed E-state index contributed by atoms with van der Waals surface area (Å²) in [4.78, 5) is 23.7. The van der Waals surface area contributed by atoms with Crippen molar-refractivity contribution in [2.75, 3.05) is 0 Å². The molecule has 2 rings (SSSR count). The van der Waals surface area contributed by atoms with Crippen molar-refractivity contribution in [1.29, 1.82) is 0 Å². The molecule has 138 valence electrons. The smallest absolute Gasteiger partial charge is 0.368 e. The molecule has 0 saturated heterocycles. The molecule has 0 bridgehead atoms. The molecule has 0 aliphatic rings. The molecule has 0 fully saturated rings. The topological polar surface area (TPSA) is 72.2 Å². The summed E-state index contributed by atoms with van der Waals surface area (Å²) in [6.07, 6.45) is -4.30. The first-order valence-corrected chi connectivity index (χ1v) is 8.05. The predicted molar refractivity (Wildman–Crippen MR) is 91.0 cm³/mol. The van der Waals surface area contributed by atoms with Crippen LogP contribution in [0.5, 0.6) is 0 Å². The van der Waals surface area contributed by atoms with Gasteiger partial charge in [0, 0.05) is 12.8 Å². The first-order valence-electron chi connectivity index (χ1n) is 8.05. The standard InChI is InChI=1S/C19H19F3N2O2/c20-19(21,22)15-9-5-4-8-14(15)12-16(18(23)26)24-17(25)11-10-13-6-2-1-3-7-13/h1-9,16H,10-12H2,(H2,23,26)(H,24,25)/t16-/m1/s1. The van der Waals surface area contributed by atoms with E-state index in [1.165, 1.54) is 18.2 Å². The second kappa shape index (κ2) is 8.51. The van der Waals surface area contributed by atoms with Gasteiger partial charge in [-0.05, 0) is 23.6 Å². The van der Waals surface area contributed by atoms with Crippen molar-refractivity contribution < 1.29 is 22.8 Å². The largest absolute Gasteiger partial charge is 0.416 e. The fraction of sp³-hybridized carbons (Fsp3) is 0.263. The van der Waals surface area contributed by atoms with E-state index >= 15 is 0 Å². The monoisotopic (exact) mass is 364 g/mol. The maximum Gasteiger partial charge on any atom is 0.416 e. The summed E-state index contributed by atoms with van der Waals surface area (Å²) >= 11 is 0. The number of carbonyl (C=O) groups excluding carboxylic acids is 2. The van der Waals surface area contributed by atoms with Gasteiger partial charge in [-0.1, -0.05) is 48.5 Å². The van der Waals surface area contributed by atoms with Gasteiger partial charge in [0.15, 0.2) is 0 Å². The van der Waals surface area contributed by atoms with Gasteiger partial charge in [0.05, 0.1) is 5.56 Å². The van der Waals surface area contributed by atoms with Crippen LogP contribution in [0.3, 0.4) is 0 Å². The maximum atomic E-state index is 13.1. The molecule has 0 spiro atoms. The highest BCUT2D eigenvalue weighted by Crippen LogP contribution is 2.32. The van der Waals surface area contributed by atoms with Crippen LogP contribution in [0.4, 0.5) is 13.2 Å². The number of nitrogens with two attached hydrogens (primary N) is 1. The van der Waals surface area contributed by atoms with Crippen molar-refractivity contribution in [3.8, 4) is 0 Å². The predicted octanol–water partition coefficient (Wildman–Crippen LogP) is 2.85. The molecule has 26 heavy (non-hydrogen) atoms. The van der Waals surface area contributed by atoms with E-state index in [9.17, 15) is 22.8 Å². The van der Waals surface area contributed by atoms with Gasteiger partial charge in [-0.3, -0.25) is 9.59 Å². The summed E-state index contributed by atoms with van der Waals surface area (Å²) in [6.45, 7) is 0. The molecular weight excluding hydrogens is 345 g/mol. The zero-order valence-corrected chi connectivity index (χ0v) is 13.9. The van der Waals surface area contributed by atoms with E-state index in [4.69, 9.17) is 5.73 Å². The summed E-state index contributed by atoms with van der Waals surface area (Å²) in [6, 6.07) is 13.0. The van der Waals surface area contributed by atoms with Crippen LogP contribution in [-0.4, -0.2) is 17.9 Å². The minimum atomic E-state index is -4.55. The fourth-order valence-corrected chi connectivity index (χ4v) is 2.59. The van der Waals surface area contributed by atoms with E-state index in [2.05, 4.69) is 5.32 Å². The van der Waals surface area contributed by atoms with E-state index in [0.29, 0.717) is 6.42 Å². The number of carbonyl (C=O) groups is 2. The van der Waals surface area contributed by atoms with Gasteiger partial charge in [-0.25, -0.2) is 0 Å².